The molecular weight excluding hydrogens is 292 g/mol. The summed E-state index contributed by atoms with van der Waals surface area (Å²) in [4.78, 5) is 28.0. The Kier molecular flexibility index (Phi) is 3.37. The molecule has 0 bridgehead atoms. The molecule has 0 spiro atoms. The Bertz CT molecular complexity index is 750. The number of nitrogens with zero attached hydrogens (tertiary/aromatic N) is 3. The second-order valence-corrected chi connectivity index (χ2v) is 6.05. The van der Waals surface area contributed by atoms with E-state index in [9.17, 15) is 9.59 Å². The van der Waals surface area contributed by atoms with E-state index in [0.29, 0.717) is 25.1 Å². The number of nitrogens with one attached hydrogen (secondary N) is 1. The molecule has 6 heteroatoms. The van der Waals surface area contributed by atoms with Crippen molar-refractivity contribution >= 4 is 17.5 Å². The van der Waals surface area contributed by atoms with Crippen LogP contribution in [0.4, 0.5) is 5.69 Å². The van der Waals surface area contributed by atoms with E-state index < -0.39 is 0 Å². The van der Waals surface area contributed by atoms with Crippen LogP contribution >= 0.6 is 0 Å². The highest BCUT2D eigenvalue weighted by Crippen LogP contribution is 2.23. The van der Waals surface area contributed by atoms with Crippen molar-refractivity contribution in [3.63, 3.8) is 0 Å². The van der Waals surface area contributed by atoms with Crippen molar-refractivity contribution in [2.75, 3.05) is 18.0 Å². The largest absolute Gasteiger partial charge is 0.334 e. The molecule has 2 aliphatic rings. The van der Waals surface area contributed by atoms with Gasteiger partial charge in [-0.3, -0.25) is 14.7 Å². The molecule has 2 aromatic rings. The van der Waals surface area contributed by atoms with Crippen LogP contribution in [0.5, 0.6) is 0 Å². The Hall–Kier alpha value is -2.63. The monoisotopic (exact) mass is 310 g/mol. The number of hydrogen-bond donors (Lipinski definition) is 1. The van der Waals surface area contributed by atoms with Gasteiger partial charge in [-0.25, -0.2) is 0 Å². The fraction of sp³-hybridized carbons (Fsp3) is 0.353. The SMILES string of the molecule is O=C(c1ccc(N2CCCC2=O)cc1)N1CCc2[nH]ncc2C1. The third-order valence-corrected chi connectivity index (χ3v) is 4.59. The van der Waals surface area contributed by atoms with E-state index in [0.717, 1.165) is 36.3 Å². The van der Waals surface area contributed by atoms with Crippen LogP contribution in [-0.4, -0.2) is 40.0 Å². The highest BCUT2D eigenvalue weighted by Gasteiger charge is 2.24. The first-order chi connectivity index (χ1) is 11.2. The summed E-state index contributed by atoms with van der Waals surface area (Å²) in [6, 6.07) is 7.36. The zero-order valence-corrected chi connectivity index (χ0v) is 12.8. The van der Waals surface area contributed by atoms with Crippen molar-refractivity contribution in [2.45, 2.75) is 25.8 Å². The molecule has 1 aromatic heterocycles. The summed E-state index contributed by atoms with van der Waals surface area (Å²) in [6.45, 7) is 2.05. The first-order valence-electron chi connectivity index (χ1n) is 7.93. The number of hydrogen-bond acceptors (Lipinski definition) is 3. The second-order valence-electron chi connectivity index (χ2n) is 6.05. The van der Waals surface area contributed by atoms with Crippen LogP contribution in [0.15, 0.2) is 30.5 Å². The maximum Gasteiger partial charge on any atom is 0.254 e. The zero-order valence-electron chi connectivity index (χ0n) is 12.8. The molecule has 0 aliphatic carbocycles. The van der Waals surface area contributed by atoms with Crippen LogP contribution < -0.4 is 4.90 Å². The van der Waals surface area contributed by atoms with Gasteiger partial charge in [0, 0.05) is 55.0 Å². The number of carbonyl (C=O) groups is 2. The number of anilines is 1. The maximum atomic E-state index is 12.6. The van der Waals surface area contributed by atoms with E-state index in [-0.39, 0.29) is 11.8 Å². The van der Waals surface area contributed by atoms with Crippen LogP contribution in [0.3, 0.4) is 0 Å². The average molecular weight is 310 g/mol. The molecule has 1 fully saturated rings. The number of aromatic nitrogens is 2. The second kappa shape index (κ2) is 5.53. The van der Waals surface area contributed by atoms with Crippen molar-refractivity contribution in [3.05, 3.63) is 47.3 Å². The number of amides is 2. The summed E-state index contributed by atoms with van der Waals surface area (Å²) in [5.74, 6) is 0.184. The smallest absolute Gasteiger partial charge is 0.254 e. The van der Waals surface area contributed by atoms with Gasteiger partial charge in [-0.2, -0.15) is 5.10 Å². The summed E-state index contributed by atoms with van der Waals surface area (Å²) in [6.07, 6.45) is 4.11. The minimum Gasteiger partial charge on any atom is -0.334 e. The maximum absolute atomic E-state index is 12.6. The van der Waals surface area contributed by atoms with E-state index >= 15 is 0 Å². The number of benzene rings is 1. The predicted octanol–water partition coefficient (Wildman–Crippen LogP) is 1.73. The minimum absolute atomic E-state index is 0.0242. The molecule has 3 heterocycles. The topological polar surface area (TPSA) is 69.3 Å². The molecule has 1 N–H and O–H groups in total. The highest BCUT2D eigenvalue weighted by atomic mass is 16.2. The molecule has 1 aromatic carbocycles. The van der Waals surface area contributed by atoms with E-state index in [1.54, 1.807) is 11.1 Å². The van der Waals surface area contributed by atoms with Crippen LogP contribution in [-0.2, 0) is 17.8 Å². The Labute approximate surface area is 134 Å². The normalized spacial score (nSPS) is 17.5. The highest BCUT2D eigenvalue weighted by molar-refractivity contribution is 5.97. The molecular formula is C17H18N4O2. The molecule has 6 nitrogen and oxygen atoms in total. The van der Waals surface area contributed by atoms with Crippen LogP contribution in [0.2, 0.25) is 0 Å². The van der Waals surface area contributed by atoms with Gasteiger partial charge in [0.05, 0.1) is 6.20 Å². The summed E-state index contributed by atoms with van der Waals surface area (Å²) in [7, 11) is 0. The Morgan fingerprint density at radius 3 is 2.70 bits per heavy atom. The standard InChI is InChI=1S/C17H18N4O2/c22-16-2-1-8-21(16)14-5-3-12(4-6-14)17(23)20-9-7-15-13(11-20)10-18-19-15/h3-6,10H,1-2,7-9,11H2,(H,18,19). The van der Waals surface area contributed by atoms with Crippen molar-refractivity contribution < 1.29 is 9.59 Å². The average Bonchev–Trinajstić information content (AvgIpc) is 3.22. The Balaban J connectivity index is 1.50. The summed E-state index contributed by atoms with van der Waals surface area (Å²) >= 11 is 0. The molecule has 0 saturated carbocycles. The van der Waals surface area contributed by atoms with E-state index in [4.69, 9.17) is 0 Å². The first-order valence-corrected chi connectivity index (χ1v) is 7.93. The van der Waals surface area contributed by atoms with Gasteiger partial charge in [0.1, 0.15) is 0 Å². The van der Waals surface area contributed by atoms with Gasteiger partial charge in [-0.15, -0.1) is 0 Å². The molecule has 0 unspecified atom stereocenters. The first kappa shape index (κ1) is 14.0. The van der Waals surface area contributed by atoms with Crippen molar-refractivity contribution in [3.8, 4) is 0 Å². The fourth-order valence-corrected chi connectivity index (χ4v) is 3.28. The van der Waals surface area contributed by atoms with Crippen molar-refractivity contribution in [2.24, 2.45) is 0 Å². The number of rotatable bonds is 2. The lowest BCUT2D eigenvalue weighted by Gasteiger charge is -2.26. The summed E-state index contributed by atoms with van der Waals surface area (Å²) < 4.78 is 0. The van der Waals surface area contributed by atoms with E-state index in [1.165, 1.54) is 0 Å². The zero-order chi connectivity index (χ0) is 15.8. The van der Waals surface area contributed by atoms with Crippen LogP contribution in [0.1, 0.15) is 34.5 Å². The molecule has 2 amide bonds. The van der Waals surface area contributed by atoms with Crippen LogP contribution in [0, 0.1) is 0 Å². The van der Waals surface area contributed by atoms with E-state index in [2.05, 4.69) is 10.2 Å². The molecule has 4 rings (SSSR count). The molecule has 2 aliphatic heterocycles. The van der Waals surface area contributed by atoms with Gasteiger partial charge in [0.25, 0.3) is 5.91 Å². The third kappa shape index (κ3) is 2.50. The number of H-pyrrole nitrogens is 1. The molecule has 1 saturated heterocycles. The van der Waals surface area contributed by atoms with Gasteiger partial charge in [-0.1, -0.05) is 0 Å². The molecule has 0 atom stereocenters. The molecule has 0 radical (unpaired) electrons. The quantitative estimate of drug-likeness (QED) is 0.918. The number of fused-ring (bicyclic) bond motifs is 1. The third-order valence-electron chi connectivity index (χ3n) is 4.59. The lowest BCUT2D eigenvalue weighted by Crippen LogP contribution is -2.35. The fourth-order valence-electron chi connectivity index (χ4n) is 3.28. The number of carbonyl (C=O) groups excluding carboxylic acids is 2. The number of aromatic amines is 1. The Morgan fingerprint density at radius 1 is 1.13 bits per heavy atom. The van der Waals surface area contributed by atoms with Gasteiger partial charge in [0.2, 0.25) is 5.91 Å². The van der Waals surface area contributed by atoms with Crippen molar-refractivity contribution in [1.29, 1.82) is 0 Å². The minimum atomic E-state index is 0.0242. The van der Waals surface area contributed by atoms with Crippen molar-refractivity contribution in [1.82, 2.24) is 15.1 Å². The predicted molar refractivity (Wildman–Crippen MR) is 85.1 cm³/mol. The Morgan fingerprint density at radius 2 is 1.96 bits per heavy atom. The van der Waals surface area contributed by atoms with Gasteiger partial charge in [0.15, 0.2) is 0 Å². The van der Waals surface area contributed by atoms with Gasteiger partial charge < -0.3 is 9.80 Å². The van der Waals surface area contributed by atoms with Gasteiger partial charge >= 0.3 is 0 Å². The van der Waals surface area contributed by atoms with E-state index in [1.807, 2.05) is 29.2 Å². The summed E-state index contributed by atoms with van der Waals surface area (Å²) in [5.41, 5.74) is 3.74. The van der Waals surface area contributed by atoms with Gasteiger partial charge in [-0.05, 0) is 30.7 Å². The molecule has 118 valence electrons. The van der Waals surface area contributed by atoms with Crippen LogP contribution in [0.25, 0.3) is 0 Å². The molecule has 23 heavy (non-hydrogen) atoms. The lowest BCUT2D eigenvalue weighted by molar-refractivity contribution is -0.117. The summed E-state index contributed by atoms with van der Waals surface area (Å²) in [5, 5.41) is 7.01. The lowest BCUT2D eigenvalue weighted by atomic mass is 10.1.